The van der Waals surface area contributed by atoms with Crippen LogP contribution in [0.3, 0.4) is 0 Å². The van der Waals surface area contributed by atoms with Gasteiger partial charge >= 0.3 is 0 Å². The van der Waals surface area contributed by atoms with Crippen LogP contribution in [0.25, 0.3) is 0 Å². The summed E-state index contributed by atoms with van der Waals surface area (Å²) in [5.74, 6) is 0. The summed E-state index contributed by atoms with van der Waals surface area (Å²) in [7, 11) is 0. The molecule has 0 unspecified atom stereocenters. The third kappa shape index (κ3) is 2.32. The molecule has 62 valence electrons. The lowest BCUT2D eigenvalue weighted by atomic mass is 10.4. The van der Waals surface area contributed by atoms with Gasteiger partial charge in [-0.2, -0.15) is 5.10 Å². The van der Waals surface area contributed by atoms with Crippen LogP contribution in [0.1, 0.15) is 5.56 Å². The zero-order chi connectivity index (χ0) is 8.27. The molecule has 0 fully saturated rings. The van der Waals surface area contributed by atoms with Crippen molar-refractivity contribution >= 4 is 0 Å². The summed E-state index contributed by atoms with van der Waals surface area (Å²) in [6.45, 7) is 2.05. The predicted molar refractivity (Wildman–Crippen MR) is 40.1 cm³/mol. The molecule has 2 N–H and O–H groups in total. The molecule has 0 saturated carbocycles. The molecule has 0 aromatic carbocycles. The normalized spacial score (nSPS) is 13.4. The molecule has 0 aliphatic heterocycles. The van der Waals surface area contributed by atoms with Crippen LogP contribution in [0.4, 0.5) is 0 Å². The Morgan fingerprint density at radius 2 is 2.45 bits per heavy atom. The third-order valence-corrected chi connectivity index (χ3v) is 1.37. The van der Waals surface area contributed by atoms with Crippen molar-refractivity contribution in [2.75, 3.05) is 6.61 Å². The summed E-state index contributed by atoms with van der Waals surface area (Å²) in [5, 5.41) is 21.5. The van der Waals surface area contributed by atoms with Crippen LogP contribution in [0, 0.1) is 6.92 Å². The number of aryl methyl sites for hydroxylation is 1. The van der Waals surface area contributed by atoms with E-state index in [1.165, 1.54) is 0 Å². The van der Waals surface area contributed by atoms with Crippen LogP contribution < -0.4 is 0 Å². The van der Waals surface area contributed by atoms with Gasteiger partial charge in [0.15, 0.2) is 0 Å². The second kappa shape index (κ2) is 3.50. The van der Waals surface area contributed by atoms with Crippen molar-refractivity contribution in [1.82, 2.24) is 9.78 Å². The Bertz CT molecular complexity index is 222. The van der Waals surface area contributed by atoms with E-state index in [4.69, 9.17) is 10.2 Å². The Labute approximate surface area is 65.1 Å². The van der Waals surface area contributed by atoms with E-state index in [0.717, 1.165) is 5.56 Å². The average Bonchev–Trinajstić information content (AvgIpc) is 2.35. The van der Waals surface area contributed by atoms with E-state index in [9.17, 15) is 0 Å². The Balaban J connectivity index is 2.50. The van der Waals surface area contributed by atoms with Crippen molar-refractivity contribution in [2.45, 2.75) is 19.6 Å². The number of hydrogen-bond donors (Lipinski definition) is 2. The summed E-state index contributed by atoms with van der Waals surface area (Å²) < 4.78 is 1.61. The molecule has 1 atom stereocenters. The first-order chi connectivity index (χ1) is 5.22. The molecule has 1 heterocycles. The van der Waals surface area contributed by atoms with Crippen molar-refractivity contribution in [2.24, 2.45) is 0 Å². The van der Waals surface area contributed by atoms with Gasteiger partial charge in [0.05, 0.1) is 25.5 Å². The predicted octanol–water partition coefficient (Wildman–Crippen LogP) is -0.455. The van der Waals surface area contributed by atoms with E-state index in [1.807, 2.05) is 13.1 Å². The van der Waals surface area contributed by atoms with Gasteiger partial charge in [0.1, 0.15) is 0 Å². The first-order valence-electron chi connectivity index (χ1n) is 3.50. The fourth-order valence-electron chi connectivity index (χ4n) is 0.840. The van der Waals surface area contributed by atoms with Crippen molar-refractivity contribution in [3.63, 3.8) is 0 Å². The van der Waals surface area contributed by atoms with E-state index in [2.05, 4.69) is 5.10 Å². The summed E-state index contributed by atoms with van der Waals surface area (Å²) in [5.41, 5.74) is 1.05. The average molecular weight is 156 g/mol. The van der Waals surface area contributed by atoms with Crippen molar-refractivity contribution < 1.29 is 10.2 Å². The van der Waals surface area contributed by atoms with Crippen LogP contribution in [0.5, 0.6) is 0 Å². The number of hydrogen-bond acceptors (Lipinski definition) is 3. The number of aliphatic hydroxyl groups is 2. The highest BCUT2D eigenvalue weighted by atomic mass is 16.3. The second-order valence-electron chi connectivity index (χ2n) is 2.58. The van der Waals surface area contributed by atoms with Gasteiger partial charge in [0.25, 0.3) is 0 Å². The maximum Gasteiger partial charge on any atom is 0.0966 e. The molecule has 11 heavy (non-hydrogen) atoms. The lowest BCUT2D eigenvalue weighted by Crippen LogP contribution is -2.19. The van der Waals surface area contributed by atoms with Gasteiger partial charge in [-0.15, -0.1) is 0 Å². The minimum Gasteiger partial charge on any atom is -0.394 e. The van der Waals surface area contributed by atoms with Gasteiger partial charge in [-0.3, -0.25) is 4.68 Å². The molecule has 1 aromatic rings. The molecule has 4 nitrogen and oxygen atoms in total. The first kappa shape index (κ1) is 8.23. The molecule has 0 amide bonds. The van der Waals surface area contributed by atoms with Crippen LogP contribution in [0.15, 0.2) is 12.4 Å². The van der Waals surface area contributed by atoms with Gasteiger partial charge in [0.2, 0.25) is 0 Å². The SMILES string of the molecule is Cc1cnn(C[C@H](O)CO)c1. The molecule has 1 aromatic heterocycles. The molecule has 0 saturated heterocycles. The summed E-state index contributed by atoms with van der Waals surface area (Å²) in [6, 6.07) is 0. The maximum atomic E-state index is 9.01. The molecular formula is C7H12N2O2. The third-order valence-electron chi connectivity index (χ3n) is 1.37. The molecule has 0 aliphatic carbocycles. The fourth-order valence-corrected chi connectivity index (χ4v) is 0.840. The van der Waals surface area contributed by atoms with Gasteiger partial charge in [-0.05, 0) is 12.5 Å². The molecule has 0 radical (unpaired) electrons. The topological polar surface area (TPSA) is 58.3 Å². The lowest BCUT2D eigenvalue weighted by Gasteiger charge is -2.05. The van der Waals surface area contributed by atoms with Crippen molar-refractivity contribution in [3.05, 3.63) is 18.0 Å². The minimum absolute atomic E-state index is 0.223. The van der Waals surface area contributed by atoms with E-state index >= 15 is 0 Å². The van der Waals surface area contributed by atoms with Gasteiger partial charge in [-0.25, -0.2) is 0 Å². The molecule has 1 rings (SSSR count). The molecule has 0 bridgehead atoms. The lowest BCUT2D eigenvalue weighted by molar-refractivity contribution is 0.0782. The highest BCUT2D eigenvalue weighted by molar-refractivity contribution is 4.99. The fraction of sp³-hybridized carbons (Fsp3) is 0.571. The molecule has 0 aliphatic rings. The van der Waals surface area contributed by atoms with Gasteiger partial charge in [-0.1, -0.05) is 0 Å². The highest BCUT2D eigenvalue weighted by Gasteiger charge is 2.02. The van der Waals surface area contributed by atoms with Crippen LogP contribution in [-0.4, -0.2) is 32.7 Å². The Morgan fingerprint density at radius 3 is 2.91 bits per heavy atom. The quantitative estimate of drug-likeness (QED) is 0.623. The van der Waals surface area contributed by atoms with Crippen LogP contribution >= 0.6 is 0 Å². The molecule has 4 heteroatoms. The second-order valence-corrected chi connectivity index (χ2v) is 2.58. The maximum absolute atomic E-state index is 9.01. The van der Waals surface area contributed by atoms with Crippen LogP contribution in [-0.2, 0) is 6.54 Å². The van der Waals surface area contributed by atoms with Gasteiger partial charge in [0, 0.05) is 6.20 Å². The Morgan fingerprint density at radius 1 is 1.73 bits per heavy atom. The van der Waals surface area contributed by atoms with Crippen molar-refractivity contribution in [3.8, 4) is 0 Å². The number of nitrogens with zero attached hydrogens (tertiary/aromatic N) is 2. The largest absolute Gasteiger partial charge is 0.394 e. The number of rotatable bonds is 3. The van der Waals surface area contributed by atoms with Gasteiger partial charge < -0.3 is 10.2 Å². The van der Waals surface area contributed by atoms with Crippen molar-refractivity contribution in [1.29, 1.82) is 0 Å². The van der Waals surface area contributed by atoms with E-state index in [-0.39, 0.29) is 6.61 Å². The summed E-state index contributed by atoms with van der Waals surface area (Å²) in [4.78, 5) is 0. The number of aliphatic hydroxyl groups excluding tert-OH is 2. The van der Waals surface area contributed by atoms with E-state index in [0.29, 0.717) is 6.54 Å². The standard InChI is InChI=1S/C7H12N2O2/c1-6-2-8-9(3-6)4-7(11)5-10/h2-3,7,10-11H,4-5H2,1H3/t7-/m0/s1. The zero-order valence-electron chi connectivity index (χ0n) is 6.44. The zero-order valence-corrected chi connectivity index (χ0v) is 6.44. The number of aromatic nitrogens is 2. The summed E-state index contributed by atoms with van der Waals surface area (Å²) in [6.07, 6.45) is 2.82. The summed E-state index contributed by atoms with van der Waals surface area (Å²) >= 11 is 0. The monoisotopic (exact) mass is 156 g/mol. The van der Waals surface area contributed by atoms with E-state index in [1.54, 1.807) is 10.9 Å². The Kier molecular flexibility index (Phi) is 2.62. The highest BCUT2D eigenvalue weighted by Crippen LogP contribution is 1.95. The smallest absolute Gasteiger partial charge is 0.0966 e. The first-order valence-corrected chi connectivity index (χ1v) is 3.50. The Hall–Kier alpha value is -0.870. The molecule has 0 spiro atoms. The van der Waals surface area contributed by atoms with Crippen LogP contribution in [0.2, 0.25) is 0 Å². The minimum atomic E-state index is -0.714. The van der Waals surface area contributed by atoms with E-state index < -0.39 is 6.10 Å². The molecular weight excluding hydrogens is 144 g/mol.